The molecule has 1 aliphatic rings. The molecule has 1 N–H and O–H groups in total. The molecule has 3 heterocycles. The molecule has 1 aromatic carbocycles. The number of pyridine rings is 1. The average Bonchev–Trinajstić information content (AvgIpc) is 3.42. The molecule has 1 saturated carbocycles. The molecule has 0 bridgehead atoms. The Labute approximate surface area is 195 Å². The number of hydrogen-bond donors (Lipinski definition) is 1. The summed E-state index contributed by atoms with van der Waals surface area (Å²) in [6.45, 7) is 2.05. The summed E-state index contributed by atoms with van der Waals surface area (Å²) in [5, 5.41) is 38.3. The maximum Gasteiger partial charge on any atom is 0.103 e. The summed E-state index contributed by atoms with van der Waals surface area (Å²) in [6.07, 6.45) is 8.65. The highest BCUT2D eigenvalue weighted by molar-refractivity contribution is 7.99. The van der Waals surface area contributed by atoms with Gasteiger partial charge in [0, 0.05) is 32.8 Å². The molecule has 0 radical (unpaired) electrons. The summed E-state index contributed by atoms with van der Waals surface area (Å²) in [6, 6.07) is 14.1. The van der Waals surface area contributed by atoms with Gasteiger partial charge < -0.3 is 5.11 Å². The van der Waals surface area contributed by atoms with Gasteiger partial charge in [-0.15, -0.1) is 0 Å². The zero-order valence-corrected chi connectivity index (χ0v) is 19.0. The minimum absolute atomic E-state index is 0.192. The van der Waals surface area contributed by atoms with Crippen molar-refractivity contribution >= 4 is 17.3 Å². The molecule has 4 aromatic rings. The fourth-order valence-electron chi connectivity index (χ4n) is 4.59. The van der Waals surface area contributed by atoms with Gasteiger partial charge in [0.1, 0.15) is 12.1 Å². The molecule has 7 nitrogen and oxygen atoms in total. The second-order valence-corrected chi connectivity index (χ2v) is 9.41. The van der Waals surface area contributed by atoms with Crippen LogP contribution in [0.4, 0.5) is 0 Å². The minimum Gasteiger partial charge on any atom is -0.393 e. The third kappa shape index (κ3) is 3.89. The summed E-state index contributed by atoms with van der Waals surface area (Å²) in [5.41, 5.74) is 4.76. The summed E-state index contributed by atoms with van der Waals surface area (Å²) < 4.78 is 3.76. The van der Waals surface area contributed by atoms with Gasteiger partial charge in [-0.2, -0.15) is 20.7 Å². The standard InChI is InChI=1S/C25H22N6OS/c1-16-22(14-29-31(16)20-6-4-7-21(32)10-20)18-9-24(25-19(12-27)13-28-30(25)15-18)33-23-8-3-2-5-17(23)11-26/h2-3,5,8-9,13-15,20-21,32H,4,6-7,10H2,1H3/t20-,21-/m0/s1. The van der Waals surface area contributed by atoms with Crippen LogP contribution in [0.1, 0.15) is 48.5 Å². The summed E-state index contributed by atoms with van der Waals surface area (Å²) in [5.74, 6) is 0. The Morgan fingerprint density at radius 2 is 1.88 bits per heavy atom. The fourth-order valence-corrected chi connectivity index (χ4v) is 5.69. The smallest absolute Gasteiger partial charge is 0.103 e. The molecule has 0 aliphatic heterocycles. The number of rotatable bonds is 4. The molecule has 8 heteroatoms. The molecule has 0 amide bonds. The quantitative estimate of drug-likeness (QED) is 0.472. The molecule has 2 atom stereocenters. The zero-order valence-electron chi connectivity index (χ0n) is 18.1. The van der Waals surface area contributed by atoms with Crippen LogP contribution >= 0.6 is 11.8 Å². The lowest BCUT2D eigenvalue weighted by Crippen LogP contribution is -2.23. The lowest BCUT2D eigenvalue weighted by atomic mass is 9.93. The van der Waals surface area contributed by atoms with E-state index in [0.717, 1.165) is 57.8 Å². The highest BCUT2D eigenvalue weighted by Gasteiger charge is 2.25. The average molecular weight is 455 g/mol. The van der Waals surface area contributed by atoms with Crippen molar-refractivity contribution in [2.75, 3.05) is 0 Å². The van der Waals surface area contributed by atoms with Crippen LogP contribution < -0.4 is 0 Å². The highest BCUT2D eigenvalue weighted by atomic mass is 32.2. The molecular formula is C25H22N6OS. The maximum atomic E-state index is 10.1. The van der Waals surface area contributed by atoms with Gasteiger partial charge in [0.05, 0.1) is 41.2 Å². The SMILES string of the molecule is Cc1c(-c2cc(Sc3ccccc3C#N)c3c(C#N)cnn3c2)cnn1[C@H]1CCC[C@H](O)C1. The molecule has 0 unspecified atom stereocenters. The minimum atomic E-state index is -0.274. The number of aliphatic hydroxyl groups is 1. The molecule has 0 spiro atoms. The van der Waals surface area contributed by atoms with Crippen LogP contribution in [0.5, 0.6) is 0 Å². The van der Waals surface area contributed by atoms with E-state index in [4.69, 9.17) is 0 Å². The van der Waals surface area contributed by atoms with E-state index in [2.05, 4.69) is 29.3 Å². The van der Waals surface area contributed by atoms with Gasteiger partial charge in [-0.05, 0) is 50.8 Å². The monoisotopic (exact) mass is 454 g/mol. The van der Waals surface area contributed by atoms with E-state index in [9.17, 15) is 15.6 Å². The first-order valence-electron chi connectivity index (χ1n) is 10.9. The Kier molecular flexibility index (Phi) is 5.63. The Morgan fingerprint density at radius 3 is 2.67 bits per heavy atom. The van der Waals surface area contributed by atoms with Crippen molar-refractivity contribution in [2.24, 2.45) is 0 Å². The number of nitriles is 2. The predicted molar refractivity (Wildman–Crippen MR) is 125 cm³/mol. The first-order chi connectivity index (χ1) is 16.1. The third-order valence-corrected chi connectivity index (χ3v) is 7.35. The van der Waals surface area contributed by atoms with Crippen molar-refractivity contribution in [3.05, 3.63) is 65.7 Å². The molecule has 5 rings (SSSR count). The van der Waals surface area contributed by atoms with Crippen LogP contribution in [-0.2, 0) is 0 Å². The van der Waals surface area contributed by atoms with Crippen LogP contribution in [-0.4, -0.2) is 30.6 Å². The van der Waals surface area contributed by atoms with Crippen LogP contribution in [0.15, 0.2) is 58.7 Å². The first-order valence-corrected chi connectivity index (χ1v) is 11.7. The van der Waals surface area contributed by atoms with Gasteiger partial charge >= 0.3 is 0 Å². The van der Waals surface area contributed by atoms with Gasteiger partial charge in [0.25, 0.3) is 0 Å². The molecule has 164 valence electrons. The first kappa shape index (κ1) is 21.3. The van der Waals surface area contributed by atoms with E-state index in [1.54, 1.807) is 16.8 Å². The lowest BCUT2D eigenvalue weighted by molar-refractivity contribution is 0.0995. The summed E-state index contributed by atoms with van der Waals surface area (Å²) >= 11 is 1.46. The number of aliphatic hydroxyl groups excluding tert-OH is 1. The topological polar surface area (TPSA) is 103 Å². The zero-order chi connectivity index (χ0) is 22.9. The number of benzene rings is 1. The molecular weight excluding hydrogens is 432 g/mol. The van der Waals surface area contributed by atoms with Gasteiger partial charge in [0.15, 0.2) is 0 Å². The van der Waals surface area contributed by atoms with Gasteiger partial charge in [-0.3, -0.25) is 4.68 Å². The molecule has 33 heavy (non-hydrogen) atoms. The maximum absolute atomic E-state index is 10.1. The number of fused-ring (bicyclic) bond motifs is 1. The number of nitrogens with zero attached hydrogens (tertiary/aromatic N) is 6. The molecule has 3 aromatic heterocycles. The van der Waals surface area contributed by atoms with Crippen LogP contribution in [0, 0.1) is 29.6 Å². The highest BCUT2D eigenvalue weighted by Crippen LogP contribution is 2.38. The van der Waals surface area contributed by atoms with Gasteiger partial charge in [-0.25, -0.2) is 4.52 Å². The fraction of sp³-hybridized carbons (Fsp3) is 0.280. The lowest BCUT2D eigenvalue weighted by Gasteiger charge is -2.27. The van der Waals surface area contributed by atoms with E-state index in [0.29, 0.717) is 11.1 Å². The Bertz CT molecular complexity index is 1420. The normalized spacial score (nSPS) is 18.2. The predicted octanol–water partition coefficient (Wildman–Crippen LogP) is 4.88. The van der Waals surface area contributed by atoms with Gasteiger partial charge in [0.2, 0.25) is 0 Å². The van der Waals surface area contributed by atoms with E-state index in [-0.39, 0.29) is 12.1 Å². The van der Waals surface area contributed by atoms with E-state index < -0.39 is 0 Å². The Morgan fingerprint density at radius 1 is 1.06 bits per heavy atom. The van der Waals surface area contributed by atoms with Crippen molar-refractivity contribution in [1.82, 2.24) is 19.4 Å². The van der Waals surface area contributed by atoms with Crippen LogP contribution in [0.25, 0.3) is 16.6 Å². The number of aromatic nitrogens is 4. The Hall–Kier alpha value is -3.59. The van der Waals surface area contributed by atoms with E-state index in [1.807, 2.05) is 41.3 Å². The number of hydrogen-bond acceptors (Lipinski definition) is 6. The van der Waals surface area contributed by atoms with Gasteiger partial charge in [-0.1, -0.05) is 23.9 Å². The molecule has 1 fully saturated rings. The van der Waals surface area contributed by atoms with E-state index >= 15 is 0 Å². The molecule has 1 aliphatic carbocycles. The summed E-state index contributed by atoms with van der Waals surface area (Å²) in [4.78, 5) is 1.68. The second kappa shape index (κ2) is 8.74. The van der Waals surface area contributed by atoms with Crippen LogP contribution in [0.2, 0.25) is 0 Å². The second-order valence-electron chi connectivity index (χ2n) is 8.33. The third-order valence-electron chi connectivity index (χ3n) is 6.25. The van der Waals surface area contributed by atoms with Crippen molar-refractivity contribution < 1.29 is 5.11 Å². The largest absolute Gasteiger partial charge is 0.393 e. The van der Waals surface area contributed by atoms with Crippen molar-refractivity contribution in [3.63, 3.8) is 0 Å². The van der Waals surface area contributed by atoms with Crippen LogP contribution in [0.3, 0.4) is 0 Å². The summed E-state index contributed by atoms with van der Waals surface area (Å²) in [7, 11) is 0. The Balaban J connectivity index is 1.61. The van der Waals surface area contributed by atoms with Crippen molar-refractivity contribution in [1.29, 1.82) is 10.5 Å². The molecule has 0 saturated heterocycles. The van der Waals surface area contributed by atoms with Crippen molar-refractivity contribution in [2.45, 2.75) is 54.5 Å². The van der Waals surface area contributed by atoms with E-state index in [1.165, 1.54) is 11.8 Å². The van der Waals surface area contributed by atoms with Crippen molar-refractivity contribution in [3.8, 4) is 23.3 Å².